The van der Waals surface area contributed by atoms with Crippen LogP contribution in [0.2, 0.25) is 0 Å². The van der Waals surface area contributed by atoms with Crippen LogP contribution in [0.1, 0.15) is 36.7 Å². The van der Waals surface area contributed by atoms with Crippen molar-refractivity contribution in [1.82, 2.24) is 4.98 Å². The number of rotatable bonds is 4. The number of amides is 1. The third-order valence-electron chi connectivity index (χ3n) is 4.14. The van der Waals surface area contributed by atoms with E-state index in [1.165, 1.54) is 23.9 Å². The molecule has 0 aliphatic carbocycles. The Morgan fingerprint density at radius 2 is 1.52 bits per heavy atom. The van der Waals surface area contributed by atoms with Crippen LogP contribution in [0.5, 0.6) is 0 Å². The van der Waals surface area contributed by atoms with E-state index in [4.69, 9.17) is 0 Å². The highest BCUT2D eigenvalue weighted by Crippen LogP contribution is 2.24. The Hall–Kier alpha value is -3.21. The van der Waals surface area contributed by atoms with E-state index < -0.39 is 0 Å². The Morgan fingerprint density at radius 3 is 2.15 bits per heavy atom. The van der Waals surface area contributed by atoms with E-state index >= 15 is 0 Å². The number of nitrogens with one attached hydrogen (secondary N) is 2. The van der Waals surface area contributed by atoms with Crippen LogP contribution < -0.4 is 10.6 Å². The molecule has 0 unspecified atom stereocenters. The number of halogens is 1. The van der Waals surface area contributed by atoms with Crippen molar-refractivity contribution in [1.29, 1.82) is 0 Å². The van der Waals surface area contributed by atoms with Gasteiger partial charge in [-0.05, 0) is 53.4 Å². The average Bonchev–Trinajstić information content (AvgIpc) is 2.63. The lowest BCUT2D eigenvalue weighted by Gasteiger charge is -2.19. The van der Waals surface area contributed by atoms with Crippen LogP contribution in [0.4, 0.5) is 21.5 Å². The summed E-state index contributed by atoms with van der Waals surface area (Å²) in [6.45, 7) is 6.43. The molecule has 0 spiro atoms. The minimum Gasteiger partial charge on any atom is -0.354 e. The number of hydrogen-bond acceptors (Lipinski definition) is 3. The summed E-state index contributed by atoms with van der Waals surface area (Å²) in [4.78, 5) is 16.6. The van der Waals surface area contributed by atoms with Gasteiger partial charge in [-0.25, -0.2) is 4.39 Å². The highest BCUT2D eigenvalue weighted by Gasteiger charge is 2.13. The third-order valence-corrected chi connectivity index (χ3v) is 4.14. The molecule has 3 aromatic rings. The molecule has 3 rings (SSSR count). The van der Waals surface area contributed by atoms with Crippen LogP contribution in [-0.4, -0.2) is 10.9 Å². The topological polar surface area (TPSA) is 54.0 Å². The van der Waals surface area contributed by atoms with E-state index in [0.29, 0.717) is 16.9 Å². The molecule has 2 N–H and O–H groups in total. The Morgan fingerprint density at radius 1 is 0.889 bits per heavy atom. The Kier molecular flexibility index (Phi) is 5.21. The number of benzene rings is 2. The molecular weight excluding hydrogens is 341 g/mol. The maximum absolute atomic E-state index is 13.0. The second-order valence-electron chi connectivity index (χ2n) is 7.38. The second-order valence-corrected chi connectivity index (χ2v) is 7.38. The predicted octanol–water partition coefficient (Wildman–Crippen LogP) is 5.51. The van der Waals surface area contributed by atoms with Crippen molar-refractivity contribution in [2.75, 3.05) is 10.6 Å². The van der Waals surface area contributed by atoms with Crippen LogP contribution in [0.15, 0.2) is 67.0 Å². The summed E-state index contributed by atoms with van der Waals surface area (Å²) in [6, 6.07) is 15.5. The summed E-state index contributed by atoms with van der Waals surface area (Å²) in [5, 5.41) is 5.98. The third kappa shape index (κ3) is 4.91. The largest absolute Gasteiger partial charge is 0.354 e. The summed E-state index contributed by atoms with van der Waals surface area (Å²) >= 11 is 0. The lowest BCUT2D eigenvalue weighted by molar-refractivity contribution is 0.102. The van der Waals surface area contributed by atoms with Crippen LogP contribution in [0, 0.1) is 5.82 Å². The van der Waals surface area contributed by atoms with Crippen molar-refractivity contribution in [3.05, 3.63) is 83.9 Å². The molecule has 5 heteroatoms. The summed E-state index contributed by atoms with van der Waals surface area (Å²) < 4.78 is 13.0. The lowest BCUT2D eigenvalue weighted by Crippen LogP contribution is -2.14. The Balaban J connectivity index is 1.70. The Labute approximate surface area is 158 Å². The first-order valence-corrected chi connectivity index (χ1v) is 8.71. The first kappa shape index (κ1) is 18.6. The Bertz CT molecular complexity index is 929. The zero-order valence-electron chi connectivity index (χ0n) is 15.6. The molecule has 138 valence electrons. The second kappa shape index (κ2) is 7.58. The minimum atomic E-state index is -0.302. The maximum atomic E-state index is 13.0. The molecule has 1 heterocycles. The van der Waals surface area contributed by atoms with Gasteiger partial charge >= 0.3 is 0 Å². The smallest absolute Gasteiger partial charge is 0.257 e. The zero-order valence-corrected chi connectivity index (χ0v) is 15.6. The molecule has 4 nitrogen and oxygen atoms in total. The molecule has 0 aliphatic heterocycles. The quantitative estimate of drug-likeness (QED) is 0.642. The number of hydrogen-bond donors (Lipinski definition) is 2. The van der Waals surface area contributed by atoms with Gasteiger partial charge in [0.2, 0.25) is 0 Å². The van der Waals surface area contributed by atoms with Crippen molar-refractivity contribution in [3.8, 4) is 0 Å². The first-order valence-electron chi connectivity index (χ1n) is 8.71. The number of nitrogens with zero attached hydrogens (tertiary/aromatic N) is 1. The van der Waals surface area contributed by atoms with Gasteiger partial charge in [0, 0.05) is 17.6 Å². The summed E-state index contributed by atoms with van der Waals surface area (Å²) in [7, 11) is 0. The number of aromatic nitrogens is 1. The summed E-state index contributed by atoms with van der Waals surface area (Å²) in [6.07, 6.45) is 3.12. The van der Waals surface area contributed by atoms with Gasteiger partial charge in [0.15, 0.2) is 0 Å². The van der Waals surface area contributed by atoms with Crippen LogP contribution in [0.25, 0.3) is 0 Å². The predicted molar refractivity (Wildman–Crippen MR) is 107 cm³/mol. The fourth-order valence-corrected chi connectivity index (χ4v) is 2.59. The molecule has 1 aromatic heterocycles. The van der Waals surface area contributed by atoms with Crippen molar-refractivity contribution < 1.29 is 9.18 Å². The van der Waals surface area contributed by atoms with Crippen LogP contribution in [-0.2, 0) is 5.41 Å². The monoisotopic (exact) mass is 363 g/mol. The van der Waals surface area contributed by atoms with Gasteiger partial charge in [0.05, 0.1) is 17.4 Å². The molecule has 0 saturated carbocycles. The van der Waals surface area contributed by atoms with E-state index in [0.717, 1.165) is 5.69 Å². The molecule has 0 bridgehead atoms. The summed E-state index contributed by atoms with van der Waals surface area (Å²) in [5.41, 5.74) is 3.79. The molecule has 27 heavy (non-hydrogen) atoms. The van der Waals surface area contributed by atoms with Crippen LogP contribution >= 0.6 is 0 Å². The molecule has 0 saturated heterocycles. The van der Waals surface area contributed by atoms with Crippen molar-refractivity contribution >= 4 is 23.0 Å². The van der Waals surface area contributed by atoms with E-state index in [2.05, 4.69) is 36.4 Å². The van der Waals surface area contributed by atoms with Gasteiger partial charge in [-0.2, -0.15) is 0 Å². The van der Waals surface area contributed by atoms with E-state index in [9.17, 15) is 9.18 Å². The minimum absolute atomic E-state index is 0.0623. The van der Waals surface area contributed by atoms with Gasteiger partial charge in [-0.15, -0.1) is 0 Å². The molecule has 0 aliphatic rings. The SMILES string of the molecule is CC(C)(C)c1ccc(NC(=O)c2cncc(Nc3ccc(F)cc3)c2)cc1. The first-order chi connectivity index (χ1) is 12.8. The molecule has 1 amide bonds. The molecule has 0 atom stereocenters. The average molecular weight is 363 g/mol. The van der Waals surface area contributed by atoms with E-state index in [1.54, 1.807) is 24.4 Å². The van der Waals surface area contributed by atoms with Gasteiger partial charge in [-0.3, -0.25) is 9.78 Å². The highest BCUT2D eigenvalue weighted by atomic mass is 19.1. The number of carbonyl (C=O) groups excluding carboxylic acids is 1. The fourth-order valence-electron chi connectivity index (χ4n) is 2.59. The fraction of sp³-hybridized carbons (Fsp3) is 0.182. The molecular formula is C22H22FN3O. The van der Waals surface area contributed by atoms with E-state index in [1.807, 2.05) is 24.3 Å². The molecule has 2 aromatic carbocycles. The van der Waals surface area contributed by atoms with Gasteiger partial charge in [0.1, 0.15) is 5.82 Å². The lowest BCUT2D eigenvalue weighted by atomic mass is 9.87. The van der Waals surface area contributed by atoms with Crippen molar-refractivity contribution in [2.45, 2.75) is 26.2 Å². The standard InChI is InChI=1S/C22H22FN3O/c1-22(2,3)16-4-8-19(9-5-16)26-21(27)15-12-20(14-24-13-15)25-18-10-6-17(23)7-11-18/h4-14,25H,1-3H3,(H,26,27). The number of anilines is 3. The van der Waals surface area contributed by atoms with E-state index in [-0.39, 0.29) is 17.1 Å². The molecule has 0 fully saturated rings. The number of pyridine rings is 1. The number of carbonyl (C=O) groups is 1. The zero-order chi connectivity index (χ0) is 19.4. The maximum Gasteiger partial charge on any atom is 0.257 e. The highest BCUT2D eigenvalue weighted by molar-refractivity contribution is 6.04. The normalized spacial score (nSPS) is 11.1. The van der Waals surface area contributed by atoms with Gasteiger partial charge in [0.25, 0.3) is 5.91 Å². The van der Waals surface area contributed by atoms with Crippen molar-refractivity contribution in [3.63, 3.8) is 0 Å². The molecule has 0 radical (unpaired) electrons. The summed E-state index contributed by atoms with van der Waals surface area (Å²) in [5.74, 6) is -0.543. The van der Waals surface area contributed by atoms with Gasteiger partial charge < -0.3 is 10.6 Å². The van der Waals surface area contributed by atoms with Crippen LogP contribution in [0.3, 0.4) is 0 Å². The van der Waals surface area contributed by atoms with Crippen molar-refractivity contribution in [2.24, 2.45) is 0 Å². The van der Waals surface area contributed by atoms with Gasteiger partial charge in [-0.1, -0.05) is 32.9 Å².